The molecule has 74 valence electrons. The highest BCUT2D eigenvalue weighted by Gasteiger charge is 2.10. The predicted octanol–water partition coefficient (Wildman–Crippen LogP) is 3.01. The van der Waals surface area contributed by atoms with Crippen LogP contribution in [-0.4, -0.2) is 11.6 Å². The minimum absolute atomic E-state index is 0.240. The third kappa shape index (κ3) is 1.25. The molecule has 0 atom stereocenters. The average molecular weight is 193 g/mol. The number of hydrogen-bond donors (Lipinski definition) is 1. The van der Waals surface area contributed by atoms with Crippen molar-refractivity contribution in [3.63, 3.8) is 0 Å². The van der Waals surface area contributed by atoms with E-state index in [1.54, 1.807) is 12.3 Å². The van der Waals surface area contributed by atoms with Crippen LogP contribution in [0.4, 0.5) is 4.39 Å². The summed E-state index contributed by atoms with van der Waals surface area (Å²) < 4.78 is 18.8. The van der Waals surface area contributed by atoms with E-state index in [9.17, 15) is 4.39 Å². The maximum Gasteiger partial charge on any atom is 0.147 e. The van der Waals surface area contributed by atoms with Crippen LogP contribution in [0.5, 0.6) is 5.75 Å². The van der Waals surface area contributed by atoms with Crippen LogP contribution in [0.25, 0.3) is 10.9 Å². The molecule has 2 nitrogen and oxygen atoms in total. The highest BCUT2D eigenvalue weighted by atomic mass is 19.1. The third-order valence-electron chi connectivity index (χ3n) is 2.26. The summed E-state index contributed by atoms with van der Waals surface area (Å²) in [7, 11) is 0. The van der Waals surface area contributed by atoms with E-state index in [-0.39, 0.29) is 5.82 Å². The number of aromatic amines is 1. The molecule has 1 aromatic carbocycles. The van der Waals surface area contributed by atoms with E-state index in [0.29, 0.717) is 17.7 Å². The van der Waals surface area contributed by atoms with Gasteiger partial charge in [-0.05, 0) is 25.5 Å². The highest BCUT2D eigenvalue weighted by Crippen LogP contribution is 2.29. The van der Waals surface area contributed by atoms with Crippen LogP contribution in [0.3, 0.4) is 0 Å². The lowest BCUT2D eigenvalue weighted by atomic mass is 10.1. The second-order valence-corrected chi connectivity index (χ2v) is 3.20. The smallest absolute Gasteiger partial charge is 0.147 e. The number of aryl methyl sites for hydroxylation is 1. The summed E-state index contributed by atoms with van der Waals surface area (Å²) in [4.78, 5) is 3.02. The Morgan fingerprint density at radius 3 is 2.93 bits per heavy atom. The Labute approximate surface area is 81.7 Å². The Balaban J connectivity index is 2.70. The van der Waals surface area contributed by atoms with Crippen molar-refractivity contribution in [1.29, 1.82) is 0 Å². The van der Waals surface area contributed by atoms with Gasteiger partial charge >= 0.3 is 0 Å². The summed E-state index contributed by atoms with van der Waals surface area (Å²) in [6.45, 7) is 4.36. The molecule has 0 radical (unpaired) electrons. The molecular formula is C11H12FNO. The molecule has 2 rings (SSSR count). The van der Waals surface area contributed by atoms with E-state index in [2.05, 4.69) is 4.98 Å². The minimum Gasteiger partial charge on any atom is -0.492 e. The van der Waals surface area contributed by atoms with Crippen molar-refractivity contribution in [3.8, 4) is 5.75 Å². The SMILES string of the molecule is CCOc1c[nH]c2c(C)ccc(F)c12. The third-order valence-corrected chi connectivity index (χ3v) is 2.26. The Morgan fingerprint density at radius 1 is 1.43 bits per heavy atom. The van der Waals surface area contributed by atoms with E-state index in [4.69, 9.17) is 4.74 Å². The van der Waals surface area contributed by atoms with E-state index >= 15 is 0 Å². The van der Waals surface area contributed by atoms with Gasteiger partial charge in [-0.1, -0.05) is 6.07 Å². The van der Waals surface area contributed by atoms with Crippen molar-refractivity contribution in [3.05, 3.63) is 29.7 Å². The van der Waals surface area contributed by atoms with E-state index in [0.717, 1.165) is 11.1 Å². The van der Waals surface area contributed by atoms with Crippen molar-refractivity contribution >= 4 is 10.9 Å². The summed E-state index contributed by atoms with van der Waals surface area (Å²) >= 11 is 0. The zero-order chi connectivity index (χ0) is 10.1. The molecule has 0 saturated carbocycles. The Morgan fingerprint density at radius 2 is 2.21 bits per heavy atom. The van der Waals surface area contributed by atoms with Crippen LogP contribution in [0.1, 0.15) is 12.5 Å². The molecule has 0 aliphatic rings. The van der Waals surface area contributed by atoms with Crippen molar-refractivity contribution in [2.45, 2.75) is 13.8 Å². The molecule has 0 unspecified atom stereocenters. The number of aromatic nitrogens is 1. The normalized spacial score (nSPS) is 10.8. The molecule has 0 saturated heterocycles. The van der Waals surface area contributed by atoms with Gasteiger partial charge in [0.25, 0.3) is 0 Å². The lowest BCUT2D eigenvalue weighted by molar-refractivity contribution is 0.343. The van der Waals surface area contributed by atoms with Crippen molar-refractivity contribution in [2.75, 3.05) is 6.61 Å². The highest BCUT2D eigenvalue weighted by molar-refractivity contribution is 5.89. The molecule has 0 aliphatic carbocycles. The van der Waals surface area contributed by atoms with Gasteiger partial charge in [0.1, 0.15) is 11.6 Å². The van der Waals surface area contributed by atoms with Gasteiger partial charge in [0.2, 0.25) is 0 Å². The molecule has 1 N–H and O–H groups in total. The topological polar surface area (TPSA) is 25.0 Å². The molecule has 0 fully saturated rings. The summed E-state index contributed by atoms with van der Waals surface area (Å²) in [6.07, 6.45) is 1.70. The summed E-state index contributed by atoms with van der Waals surface area (Å²) in [5.74, 6) is 0.346. The van der Waals surface area contributed by atoms with Gasteiger partial charge in [-0.3, -0.25) is 0 Å². The molecule has 14 heavy (non-hydrogen) atoms. The number of halogens is 1. The molecule has 0 spiro atoms. The maximum absolute atomic E-state index is 13.5. The van der Waals surface area contributed by atoms with Crippen LogP contribution in [0.15, 0.2) is 18.3 Å². The zero-order valence-electron chi connectivity index (χ0n) is 8.23. The Bertz CT molecular complexity index is 462. The largest absolute Gasteiger partial charge is 0.492 e. The van der Waals surface area contributed by atoms with Gasteiger partial charge in [0.15, 0.2) is 0 Å². The maximum atomic E-state index is 13.5. The van der Waals surface area contributed by atoms with Crippen molar-refractivity contribution < 1.29 is 9.13 Å². The molecule has 0 amide bonds. The quantitative estimate of drug-likeness (QED) is 0.779. The molecular weight excluding hydrogens is 181 g/mol. The van der Waals surface area contributed by atoms with E-state index in [1.807, 2.05) is 13.8 Å². The van der Waals surface area contributed by atoms with Crippen LogP contribution in [0.2, 0.25) is 0 Å². The zero-order valence-corrected chi connectivity index (χ0v) is 8.23. The van der Waals surface area contributed by atoms with Gasteiger partial charge in [-0.15, -0.1) is 0 Å². The molecule has 0 aliphatic heterocycles. The Hall–Kier alpha value is -1.51. The second-order valence-electron chi connectivity index (χ2n) is 3.20. The van der Waals surface area contributed by atoms with Crippen molar-refractivity contribution in [1.82, 2.24) is 4.98 Å². The van der Waals surface area contributed by atoms with Gasteiger partial charge in [0, 0.05) is 6.20 Å². The number of hydrogen-bond acceptors (Lipinski definition) is 1. The second kappa shape index (κ2) is 3.33. The first-order valence-corrected chi connectivity index (χ1v) is 4.63. The van der Waals surface area contributed by atoms with Crippen molar-refractivity contribution in [2.24, 2.45) is 0 Å². The lowest BCUT2D eigenvalue weighted by Crippen LogP contribution is -1.90. The van der Waals surface area contributed by atoms with E-state index < -0.39 is 0 Å². The molecule has 2 aromatic rings. The Kier molecular flexibility index (Phi) is 2.15. The first kappa shape index (κ1) is 9.06. The number of ether oxygens (including phenoxy) is 1. The molecule has 1 aromatic heterocycles. The van der Waals surface area contributed by atoms with Crippen LogP contribution in [0, 0.1) is 12.7 Å². The van der Waals surface area contributed by atoms with Gasteiger partial charge in [-0.25, -0.2) is 4.39 Å². The van der Waals surface area contributed by atoms with Gasteiger partial charge in [0.05, 0.1) is 17.5 Å². The predicted molar refractivity (Wildman–Crippen MR) is 54.2 cm³/mol. The number of fused-ring (bicyclic) bond motifs is 1. The minimum atomic E-state index is -0.240. The van der Waals surface area contributed by atoms with Crippen LogP contribution in [-0.2, 0) is 0 Å². The lowest BCUT2D eigenvalue weighted by Gasteiger charge is -2.01. The van der Waals surface area contributed by atoms with Gasteiger partial charge in [-0.2, -0.15) is 0 Å². The summed E-state index contributed by atoms with van der Waals surface area (Å²) in [6, 6.07) is 3.22. The number of H-pyrrole nitrogens is 1. The first-order chi connectivity index (χ1) is 6.74. The fraction of sp³-hybridized carbons (Fsp3) is 0.273. The first-order valence-electron chi connectivity index (χ1n) is 4.63. The van der Waals surface area contributed by atoms with E-state index in [1.165, 1.54) is 6.07 Å². The summed E-state index contributed by atoms with van der Waals surface area (Å²) in [5.41, 5.74) is 1.83. The number of rotatable bonds is 2. The number of nitrogens with one attached hydrogen (secondary N) is 1. The average Bonchev–Trinajstić information content (AvgIpc) is 2.58. The number of benzene rings is 1. The molecule has 1 heterocycles. The van der Waals surface area contributed by atoms with Gasteiger partial charge < -0.3 is 9.72 Å². The monoisotopic (exact) mass is 193 g/mol. The molecule has 3 heteroatoms. The summed E-state index contributed by atoms with van der Waals surface area (Å²) in [5, 5.41) is 0.548. The van der Waals surface area contributed by atoms with Crippen LogP contribution >= 0.6 is 0 Å². The standard InChI is InChI=1S/C11H12FNO/c1-3-14-9-6-13-11-7(2)4-5-8(12)10(9)11/h4-6,13H,3H2,1-2H3. The fourth-order valence-electron chi connectivity index (χ4n) is 1.59. The fourth-order valence-corrected chi connectivity index (χ4v) is 1.59. The molecule has 0 bridgehead atoms. The van der Waals surface area contributed by atoms with Crippen LogP contribution < -0.4 is 4.74 Å².